The number of pyridine rings is 1. The standard InChI is InChI=1S/C14H15N3O4/c1-7-3-10(12-8(2)16-21-13(12)15-7)14(20)17-5-9(6-17)4-11(18)19/h3,9H,4-6H2,1-2H3,(H,18,19). The zero-order valence-corrected chi connectivity index (χ0v) is 11.8. The van der Waals surface area contributed by atoms with Gasteiger partial charge >= 0.3 is 5.97 Å². The molecule has 3 rings (SSSR count). The van der Waals surface area contributed by atoms with Gasteiger partial charge in [0.15, 0.2) is 0 Å². The second-order valence-electron chi connectivity index (χ2n) is 5.43. The van der Waals surface area contributed by atoms with Crippen molar-refractivity contribution in [2.24, 2.45) is 5.92 Å². The Morgan fingerprint density at radius 2 is 2.14 bits per heavy atom. The maximum atomic E-state index is 12.6. The summed E-state index contributed by atoms with van der Waals surface area (Å²) in [5.41, 5.74) is 2.19. The average Bonchev–Trinajstić information content (AvgIpc) is 2.73. The molecule has 110 valence electrons. The minimum absolute atomic E-state index is 0.0356. The van der Waals surface area contributed by atoms with Crippen molar-refractivity contribution in [2.75, 3.05) is 13.1 Å². The molecule has 0 aromatic carbocycles. The van der Waals surface area contributed by atoms with E-state index in [4.69, 9.17) is 9.63 Å². The number of carboxylic acid groups (broad SMARTS) is 1. The lowest BCUT2D eigenvalue weighted by Gasteiger charge is -2.38. The van der Waals surface area contributed by atoms with Gasteiger partial charge in [-0.25, -0.2) is 4.98 Å². The third kappa shape index (κ3) is 2.35. The van der Waals surface area contributed by atoms with Crippen molar-refractivity contribution in [2.45, 2.75) is 20.3 Å². The van der Waals surface area contributed by atoms with E-state index >= 15 is 0 Å². The summed E-state index contributed by atoms with van der Waals surface area (Å²) in [7, 11) is 0. The molecule has 3 heterocycles. The van der Waals surface area contributed by atoms with Crippen molar-refractivity contribution >= 4 is 23.0 Å². The van der Waals surface area contributed by atoms with Gasteiger partial charge < -0.3 is 14.5 Å². The van der Waals surface area contributed by atoms with E-state index in [9.17, 15) is 9.59 Å². The molecule has 0 saturated carbocycles. The van der Waals surface area contributed by atoms with Gasteiger partial charge in [0.1, 0.15) is 0 Å². The van der Waals surface area contributed by atoms with Crippen LogP contribution in [0, 0.1) is 19.8 Å². The second-order valence-corrected chi connectivity index (χ2v) is 5.43. The number of aliphatic carboxylic acids is 1. The molecule has 1 aliphatic rings. The van der Waals surface area contributed by atoms with Crippen LogP contribution < -0.4 is 0 Å². The monoisotopic (exact) mass is 289 g/mol. The summed E-state index contributed by atoms with van der Waals surface area (Å²) in [6, 6.07) is 1.72. The number of likely N-dealkylation sites (tertiary alicyclic amines) is 1. The van der Waals surface area contributed by atoms with Crippen LogP contribution in [0.15, 0.2) is 10.6 Å². The SMILES string of the molecule is Cc1cc(C(=O)N2CC(CC(=O)O)C2)c2c(C)noc2n1. The molecule has 0 radical (unpaired) electrons. The molecule has 1 amide bonds. The number of rotatable bonds is 3. The maximum absolute atomic E-state index is 12.6. The van der Waals surface area contributed by atoms with Gasteiger partial charge in [0.25, 0.3) is 11.6 Å². The highest BCUT2D eigenvalue weighted by Gasteiger charge is 2.34. The number of nitrogens with zero attached hydrogens (tertiary/aromatic N) is 3. The van der Waals surface area contributed by atoms with Crippen molar-refractivity contribution < 1.29 is 19.2 Å². The molecule has 21 heavy (non-hydrogen) atoms. The Balaban J connectivity index is 1.86. The van der Waals surface area contributed by atoms with Gasteiger partial charge in [-0.15, -0.1) is 0 Å². The van der Waals surface area contributed by atoms with E-state index in [1.165, 1.54) is 0 Å². The fourth-order valence-corrected chi connectivity index (χ4v) is 2.67. The fraction of sp³-hybridized carbons (Fsp3) is 0.429. The molecule has 0 atom stereocenters. The Morgan fingerprint density at radius 3 is 2.81 bits per heavy atom. The zero-order valence-electron chi connectivity index (χ0n) is 11.8. The average molecular weight is 289 g/mol. The normalized spacial score (nSPS) is 15.2. The van der Waals surface area contributed by atoms with Gasteiger partial charge in [-0.1, -0.05) is 5.16 Å². The molecule has 7 heteroatoms. The highest BCUT2D eigenvalue weighted by molar-refractivity contribution is 6.06. The van der Waals surface area contributed by atoms with Crippen LogP contribution in [-0.2, 0) is 4.79 Å². The molecule has 0 spiro atoms. The zero-order chi connectivity index (χ0) is 15.1. The van der Waals surface area contributed by atoms with Crippen LogP contribution in [-0.4, -0.2) is 45.1 Å². The minimum atomic E-state index is -0.830. The molecule has 7 nitrogen and oxygen atoms in total. The van der Waals surface area contributed by atoms with Gasteiger partial charge in [0.05, 0.1) is 23.1 Å². The third-order valence-electron chi connectivity index (χ3n) is 3.68. The molecule has 2 aromatic heterocycles. The summed E-state index contributed by atoms with van der Waals surface area (Å²) in [6.45, 7) is 4.50. The van der Waals surface area contributed by atoms with Crippen molar-refractivity contribution in [1.29, 1.82) is 0 Å². The second kappa shape index (κ2) is 4.83. The molecule has 0 aliphatic carbocycles. The van der Waals surface area contributed by atoms with E-state index in [0.717, 1.165) is 0 Å². The lowest BCUT2D eigenvalue weighted by molar-refractivity contribution is -0.139. The number of hydrogen-bond acceptors (Lipinski definition) is 5. The minimum Gasteiger partial charge on any atom is -0.481 e. The molecule has 1 saturated heterocycles. The molecule has 0 bridgehead atoms. The fourth-order valence-electron chi connectivity index (χ4n) is 2.67. The van der Waals surface area contributed by atoms with Crippen LogP contribution in [0.1, 0.15) is 28.2 Å². The van der Waals surface area contributed by atoms with Crippen LogP contribution in [0.3, 0.4) is 0 Å². The maximum Gasteiger partial charge on any atom is 0.303 e. The number of aryl methyl sites for hydroxylation is 2. The smallest absolute Gasteiger partial charge is 0.303 e. The molecule has 1 aliphatic heterocycles. The van der Waals surface area contributed by atoms with Gasteiger partial charge in [0.2, 0.25) is 0 Å². The Hall–Kier alpha value is -2.44. The number of carboxylic acids is 1. The van der Waals surface area contributed by atoms with E-state index in [0.29, 0.717) is 41.1 Å². The van der Waals surface area contributed by atoms with Crippen LogP contribution in [0.4, 0.5) is 0 Å². The van der Waals surface area contributed by atoms with Crippen molar-refractivity contribution in [3.63, 3.8) is 0 Å². The summed E-state index contributed by atoms with van der Waals surface area (Å²) >= 11 is 0. The molecular formula is C14H15N3O4. The third-order valence-corrected chi connectivity index (χ3v) is 3.68. The van der Waals surface area contributed by atoms with Crippen LogP contribution in [0.2, 0.25) is 0 Å². The molecule has 1 N–H and O–H groups in total. The van der Waals surface area contributed by atoms with Gasteiger partial charge in [-0.3, -0.25) is 9.59 Å². The van der Waals surface area contributed by atoms with E-state index < -0.39 is 5.97 Å². The van der Waals surface area contributed by atoms with Crippen molar-refractivity contribution in [1.82, 2.24) is 15.0 Å². The molecular weight excluding hydrogens is 274 g/mol. The quantitative estimate of drug-likeness (QED) is 0.917. The first kappa shape index (κ1) is 13.5. The first-order valence-corrected chi connectivity index (χ1v) is 6.70. The van der Waals surface area contributed by atoms with Gasteiger partial charge in [0, 0.05) is 24.7 Å². The van der Waals surface area contributed by atoms with Crippen LogP contribution in [0.25, 0.3) is 11.1 Å². The van der Waals surface area contributed by atoms with Crippen molar-refractivity contribution in [3.05, 3.63) is 23.0 Å². The number of carbonyl (C=O) groups is 2. The van der Waals surface area contributed by atoms with Crippen LogP contribution in [0.5, 0.6) is 0 Å². The summed E-state index contributed by atoms with van der Waals surface area (Å²) in [4.78, 5) is 29.1. The predicted octanol–water partition coefficient (Wildman–Crippen LogP) is 1.39. The summed E-state index contributed by atoms with van der Waals surface area (Å²) < 4.78 is 5.12. The first-order chi connectivity index (χ1) is 9.95. The highest BCUT2D eigenvalue weighted by atomic mass is 16.5. The lowest BCUT2D eigenvalue weighted by Crippen LogP contribution is -2.50. The van der Waals surface area contributed by atoms with E-state index in [1.54, 1.807) is 24.8 Å². The van der Waals surface area contributed by atoms with E-state index in [1.807, 2.05) is 0 Å². The van der Waals surface area contributed by atoms with Crippen molar-refractivity contribution in [3.8, 4) is 0 Å². The number of fused-ring (bicyclic) bond motifs is 1. The molecule has 0 unspecified atom stereocenters. The molecule has 1 fully saturated rings. The lowest BCUT2D eigenvalue weighted by atomic mass is 9.95. The Bertz CT molecular complexity index is 731. The number of amides is 1. The number of carbonyl (C=O) groups excluding carboxylic acids is 1. The van der Waals surface area contributed by atoms with E-state index in [-0.39, 0.29) is 18.2 Å². The summed E-state index contributed by atoms with van der Waals surface area (Å²) in [5.74, 6) is -0.920. The summed E-state index contributed by atoms with van der Waals surface area (Å²) in [6.07, 6.45) is 0.0981. The highest BCUT2D eigenvalue weighted by Crippen LogP contribution is 2.27. The van der Waals surface area contributed by atoms with Crippen LogP contribution >= 0.6 is 0 Å². The van der Waals surface area contributed by atoms with Gasteiger partial charge in [-0.2, -0.15) is 0 Å². The van der Waals surface area contributed by atoms with E-state index in [2.05, 4.69) is 10.1 Å². The topological polar surface area (TPSA) is 96.5 Å². The largest absolute Gasteiger partial charge is 0.481 e. The van der Waals surface area contributed by atoms with Gasteiger partial charge in [-0.05, 0) is 19.9 Å². The first-order valence-electron chi connectivity index (χ1n) is 6.70. The Kier molecular flexibility index (Phi) is 3.12. The predicted molar refractivity (Wildman–Crippen MR) is 72.9 cm³/mol. The summed E-state index contributed by atoms with van der Waals surface area (Å²) in [5, 5.41) is 13.2. The Labute approximate surface area is 120 Å². The number of aromatic nitrogens is 2. The Morgan fingerprint density at radius 1 is 1.43 bits per heavy atom. The number of hydrogen-bond donors (Lipinski definition) is 1. The molecule has 2 aromatic rings.